The zero-order valence-electron chi connectivity index (χ0n) is 13.6. The van der Waals surface area contributed by atoms with E-state index in [0.717, 1.165) is 17.8 Å². The van der Waals surface area contributed by atoms with E-state index in [1.54, 1.807) is 11.1 Å². The van der Waals surface area contributed by atoms with Gasteiger partial charge < -0.3 is 5.32 Å². The van der Waals surface area contributed by atoms with Gasteiger partial charge in [-0.3, -0.25) is 0 Å². The lowest BCUT2D eigenvalue weighted by molar-refractivity contribution is 0.296. The molecule has 0 aromatic heterocycles. The third kappa shape index (κ3) is 3.69. The number of hydrogen-bond donors (Lipinski definition) is 1. The maximum atomic E-state index is 3.65. The molecule has 2 aliphatic carbocycles. The minimum absolute atomic E-state index is 0.790. The monoisotopic (exact) mass is 285 g/mol. The predicted octanol–water partition coefficient (Wildman–Crippen LogP) is 5.23. The Balaban J connectivity index is 1.64. The van der Waals surface area contributed by atoms with Crippen LogP contribution >= 0.6 is 0 Å². The lowest BCUT2D eigenvalue weighted by Gasteiger charge is -2.33. The van der Waals surface area contributed by atoms with Crippen LogP contribution in [-0.2, 0) is 0 Å². The molecular weight excluding hydrogens is 254 g/mol. The van der Waals surface area contributed by atoms with E-state index in [2.05, 4.69) is 36.5 Å². The van der Waals surface area contributed by atoms with Crippen LogP contribution in [-0.4, -0.2) is 13.1 Å². The Labute approximate surface area is 130 Å². The molecule has 21 heavy (non-hydrogen) atoms. The van der Waals surface area contributed by atoms with Crippen molar-refractivity contribution in [1.29, 1.82) is 0 Å². The van der Waals surface area contributed by atoms with Crippen LogP contribution < -0.4 is 5.32 Å². The van der Waals surface area contributed by atoms with E-state index in [4.69, 9.17) is 0 Å². The lowest BCUT2D eigenvalue weighted by Crippen LogP contribution is -2.30. The molecule has 1 aromatic carbocycles. The van der Waals surface area contributed by atoms with Gasteiger partial charge in [0.2, 0.25) is 0 Å². The van der Waals surface area contributed by atoms with Crippen LogP contribution in [0.2, 0.25) is 0 Å². The first-order valence-electron chi connectivity index (χ1n) is 9.19. The van der Waals surface area contributed by atoms with E-state index in [1.165, 1.54) is 64.5 Å². The summed E-state index contributed by atoms with van der Waals surface area (Å²) in [6, 6.07) is 9.72. The molecule has 0 radical (unpaired) electrons. The van der Waals surface area contributed by atoms with Crippen LogP contribution in [0.4, 0.5) is 0 Å². The van der Waals surface area contributed by atoms with Gasteiger partial charge in [0.1, 0.15) is 0 Å². The van der Waals surface area contributed by atoms with Gasteiger partial charge in [-0.25, -0.2) is 0 Å². The number of nitrogens with one attached hydrogen (secondary N) is 1. The molecule has 1 heteroatoms. The first kappa shape index (κ1) is 15.1. The summed E-state index contributed by atoms with van der Waals surface area (Å²) in [5.74, 6) is 2.51. The van der Waals surface area contributed by atoms with Gasteiger partial charge in [0.25, 0.3) is 0 Å². The quantitative estimate of drug-likeness (QED) is 0.706. The second-order valence-electron chi connectivity index (χ2n) is 7.15. The molecule has 2 saturated carbocycles. The Morgan fingerprint density at radius 3 is 2.29 bits per heavy atom. The molecule has 1 N–H and O–H groups in total. The molecule has 2 fully saturated rings. The average molecular weight is 285 g/mol. The first-order chi connectivity index (χ1) is 10.4. The fourth-order valence-corrected chi connectivity index (χ4v) is 4.11. The van der Waals surface area contributed by atoms with Gasteiger partial charge in [-0.1, -0.05) is 50.5 Å². The smallest absolute Gasteiger partial charge is 0.00147 e. The van der Waals surface area contributed by atoms with E-state index in [1.807, 2.05) is 0 Å². The molecule has 0 saturated heterocycles. The van der Waals surface area contributed by atoms with E-state index < -0.39 is 0 Å². The molecule has 0 heterocycles. The minimum atomic E-state index is 0.790. The second-order valence-corrected chi connectivity index (χ2v) is 7.15. The molecule has 0 amide bonds. The highest BCUT2D eigenvalue weighted by Crippen LogP contribution is 2.40. The molecule has 0 aliphatic heterocycles. The second kappa shape index (κ2) is 7.45. The van der Waals surface area contributed by atoms with Crippen LogP contribution in [0.1, 0.15) is 81.3 Å². The van der Waals surface area contributed by atoms with Crippen molar-refractivity contribution in [3.8, 4) is 0 Å². The fourth-order valence-electron chi connectivity index (χ4n) is 4.11. The summed E-state index contributed by atoms with van der Waals surface area (Å²) in [6.45, 7) is 4.64. The van der Waals surface area contributed by atoms with Crippen molar-refractivity contribution in [2.45, 2.75) is 70.1 Å². The Bertz CT molecular complexity index is 418. The maximum Gasteiger partial charge on any atom is -0.00147 e. The van der Waals surface area contributed by atoms with Crippen molar-refractivity contribution in [2.75, 3.05) is 13.1 Å². The van der Waals surface area contributed by atoms with Crippen LogP contribution in [0.15, 0.2) is 24.3 Å². The standard InChI is InChI=1S/C20H31N/c1-2-14-21-15-19-6-3-4-9-20(19)18-12-10-17(11-13-18)16-7-5-8-16/h10-13,16,19-21H,2-9,14-15H2,1H3. The lowest BCUT2D eigenvalue weighted by atomic mass is 9.74. The van der Waals surface area contributed by atoms with Gasteiger partial charge in [-0.2, -0.15) is 0 Å². The van der Waals surface area contributed by atoms with Crippen molar-refractivity contribution >= 4 is 0 Å². The summed E-state index contributed by atoms with van der Waals surface area (Å²) in [6.07, 6.45) is 11.1. The van der Waals surface area contributed by atoms with Crippen molar-refractivity contribution in [2.24, 2.45) is 5.92 Å². The van der Waals surface area contributed by atoms with Crippen molar-refractivity contribution in [1.82, 2.24) is 5.32 Å². The maximum absolute atomic E-state index is 3.65. The number of hydrogen-bond acceptors (Lipinski definition) is 1. The third-order valence-corrected chi connectivity index (χ3v) is 5.68. The van der Waals surface area contributed by atoms with E-state index >= 15 is 0 Å². The Morgan fingerprint density at radius 1 is 0.905 bits per heavy atom. The molecule has 2 atom stereocenters. The third-order valence-electron chi connectivity index (χ3n) is 5.68. The minimum Gasteiger partial charge on any atom is -0.316 e. The van der Waals surface area contributed by atoms with Crippen LogP contribution in [0.3, 0.4) is 0 Å². The van der Waals surface area contributed by atoms with Gasteiger partial charge in [0.05, 0.1) is 0 Å². The van der Waals surface area contributed by atoms with Crippen molar-refractivity contribution in [3.63, 3.8) is 0 Å². The highest BCUT2D eigenvalue weighted by atomic mass is 14.9. The summed E-state index contributed by atoms with van der Waals surface area (Å²) in [5, 5.41) is 3.65. The van der Waals surface area contributed by atoms with Gasteiger partial charge in [0.15, 0.2) is 0 Å². The summed E-state index contributed by atoms with van der Waals surface area (Å²) < 4.78 is 0. The summed E-state index contributed by atoms with van der Waals surface area (Å²) in [4.78, 5) is 0. The molecule has 0 spiro atoms. The topological polar surface area (TPSA) is 12.0 Å². The van der Waals surface area contributed by atoms with Crippen molar-refractivity contribution in [3.05, 3.63) is 35.4 Å². The van der Waals surface area contributed by atoms with Crippen molar-refractivity contribution < 1.29 is 0 Å². The zero-order chi connectivity index (χ0) is 14.5. The summed E-state index contributed by atoms with van der Waals surface area (Å²) >= 11 is 0. The summed E-state index contributed by atoms with van der Waals surface area (Å²) in [5.41, 5.74) is 3.18. The van der Waals surface area contributed by atoms with Gasteiger partial charge in [0, 0.05) is 0 Å². The molecule has 1 aromatic rings. The molecule has 0 bridgehead atoms. The van der Waals surface area contributed by atoms with Crippen LogP contribution in [0, 0.1) is 5.92 Å². The molecule has 3 rings (SSSR count). The highest BCUT2D eigenvalue weighted by molar-refractivity contribution is 5.29. The largest absolute Gasteiger partial charge is 0.316 e. The van der Waals surface area contributed by atoms with E-state index in [0.29, 0.717) is 0 Å². The zero-order valence-corrected chi connectivity index (χ0v) is 13.6. The Kier molecular flexibility index (Phi) is 5.35. The molecule has 1 nitrogen and oxygen atoms in total. The van der Waals surface area contributed by atoms with Crippen LogP contribution in [0.5, 0.6) is 0 Å². The van der Waals surface area contributed by atoms with Gasteiger partial charge in [-0.05, 0) is 74.1 Å². The van der Waals surface area contributed by atoms with Gasteiger partial charge >= 0.3 is 0 Å². The Morgan fingerprint density at radius 2 is 1.62 bits per heavy atom. The fraction of sp³-hybridized carbons (Fsp3) is 0.700. The first-order valence-corrected chi connectivity index (χ1v) is 9.19. The molecule has 116 valence electrons. The normalized spacial score (nSPS) is 26.5. The molecule has 2 unspecified atom stereocenters. The number of rotatable bonds is 6. The van der Waals surface area contributed by atoms with E-state index in [9.17, 15) is 0 Å². The van der Waals surface area contributed by atoms with Crippen LogP contribution in [0.25, 0.3) is 0 Å². The number of benzene rings is 1. The summed E-state index contributed by atoms with van der Waals surface area (Å²) in [7, 11) is 0. The highest BCUT2D eigenvalue weighted by Gasteiger charge is 2.26. The Hall–Kier alpha value is -0.820. The molecular formula is C20H31N. The average Bonchev–Trinajstić information content (AvgIpc) is 2.47. The van der Waals surface area contributed by atoms with E-state index in [-0.39, 0.29) is 0 Å². The molecule has 2 aliphatic rings. The predicted molar refractivity (Wildman–Crippen MR) is 90.9 cm³/mol. The van der Waals surface area contributed by atoms with Gasteiger partial charge in [-0.15, -0.1) is 0 Å². The SMILES string of the molecule is CCCNCC1CCCCC1c1ccc(C2CCC2)cc1.